The Balaban J connectivity index is 1.99. The number of benzene rings is 1. The molecule has 0 bridgehead atoms. The topological polar surface area (TPSA) is 83.5 Å². The van der Waals surface area contributed by atoms with Crippen LogP contribution >= 0.6 is 0 Å². The molecule has 1 heterocycles. The third-order valence-electron chi connectivity index (χ3n) is 4.45. The van der Waals surface area contributed by atoms with E-state index in [1.54, 1.807) is 20.8 Å². The van der Waals surface area contributed by atoms with Crippen molar-refractivity contribution >= 4 is 6.09 Å². The number of aliphatic hydroxyl groups excluding tert-OH is 1. The maximum absolute atomic E-state index is 13.5. The van der Waals surface area contributed by atoms with E-state index >= 15 is 0 Å². The van der Waals surface area contributed by atoms with Gasteiger partial charge in [-0.25, -0.2) is 13.6 Å². The van der Waals surface area contributed by atoms with Gasteiger partial charge in [-0.05, 0) is 44.4 Å². The molecule has 2 aromatic rings. The number of carbonyl (C=O) groups is 1. The minimum absolute atomic E-state index is 0.139. The van der Waals surface area contributed by atoms with Crippen LogP contribution in [0, 0.1) is 0 Å². The van der Waals surface area contributed by atoms with Crippen molar-refractivity contribution in [3.63, 3.8) is 0 Å². The normalized spacial score (nSPS) is 14.0. The van der Waals surface area contributed by atoms with Crippen LogP contribution in [0.2, 0.25) is 0 Å². The molecule has 2 unspecified atom stereocenters. The highest BCUT2D eigenvalue weighted by molar-refractivity contribution is 5.68. The number of alkyl carbamates (subject to hydrolysis) is 1. The molecule has 31 heavy (non-hydrogen) atoms. The average molecular weight is 436 g/mol. The highest BCUT2D eigenvalue weighted by Crippen LogP contribution is 2.26. The molecule has 2 rings (SSSR count). The second kappa shape index (κ2) is 10.6. The number of ether oxygens (including phenoxy) is 1. The van der Waals surface area contributed by atoms with Crippen molar-refractivity contribution in [1.82, 2.24) is 15.6 Å². The standard InChI is InChI=1S/C23H31F2N3O3/c1-22(2,3)31-21(30)28-19(11-16-8-6-5-7-9-16)20(29)15-27-13-17-10-18(14-26-12-17)23(4,24)25/h5-10,12,14,19-20,27,29H,11,13,15H2,1-4H3,(H,28,30). The zero-order valence-corrected chi connectivity index (χ0v) is 18.4. The number of hydrogen-bond donors (Lipinski definition) is 3. The average Bonchev–Trinajstić information content (AvgIpc) is 2.66. The van der Waals surface area contributed by atoms with Gasteiger partial charge in [-0.3, -0.25) is 4.98 Å². The lowest BCUT2D eigenvalue weighted by Gasteiger charge is -2.27. The van der Waals surface area contributed by atoms with Gasteiger partial charge in [-0.2, -0.15) is 0 Å². The first-order valence-electron chi connectivity index (χ1n) is 10.2. The van der Waals surface area contributed by atoms with Crippen LogP contribution in [0.3, 0.4) is 0 Å². The molecule has 8 heteroatoms. The molecule has 1 aromatic heterocycles. The van der Waals surface area contributed by atoms with E-state index < -0.39 is 29.8 Å². The molecule has 0 radical (unpaired) electrons. The first-order valence-corrected chi connectivity index (χ1v) is 10.2. The lowest BCUT2D eigenvalue weighted by atomic mass is 10.0. The van der Waals surface area contributed by atoms with E-state index in [0.717, 1.165) is 18.7 Å². The van der Waals surface area contributed by atoms with Crippen LogP contribution in [0.4, 0.5) is 13.6 Å². The van der Waals surface area contributed by atoms with E-state index in [4.69, 9.17) is 4.74 Å². The molecule has 0 fully saturated rings. The van der Waals surface area contributed by atoms with Crippen LogP contribution in [-0.4, -0.2) is 40.5 Å². The molecule has 1 amide bonds. The van der Waals surface area contributed by atoms with Crippen molar-refractivity contribution < 1.29 is 23.4 Å². The molecule has 0 saturated carbocycles. The number of nitrogens with zero attached hydrogens (tertiary/aromatic N) is 1. The number of alkyl halides is 2. The maximum Gasteiger partial charge on any atom is 0.407 e. The third-order valence-corrected chi connectivity index (χ3v) is 4.45. The molecule has 3 N–H and O–H groups in total. The molecule has 0 saturated heterocycles. The minimum Gasteiger partial charge on any atom is -0.444 e. The quantitative estimate of drug-likeness (QED) is 0.558. The summed E-state index contributed by atoms with van der Waals surface area (Å²) in [6.45, 7) is 6.50. The Morgan fingerprint density at radius 2 is 1.81 bits per heavy atom. The number of carbonyl (C=O) groups excluding carboxylic acids is 1. The zero-order valence-electron chi connectivity index (χ0n) is 18.4. The summed E-state index contributed by atoms with van der Waals surface area (Å²) in [4.78, 5) is 16.1. The highest BCUT2D eigenvalue weighted by atomic mass is 19.3. The van der Waals surface area contributed by atoms with Gasteiger partial charge in [-0.15, -0.1) is 0 Å². The van der Waals surface area contributed by atoms with Crippen molar-refractivity contribution in [2.75, 3.05) is 6.54 Å². The van der Waals surface area contributed by atoms with Gasteiger partial charge >= 0.3 is 6.09 Å². The number of pyridine rings is 1. The molecular weight excluding hydrogens is 404 g/mol. The fourth-order valence-corrected chi connectivity index (χ4v) is 2.94. The fraction of sp³-hybridized carbons (Fsp3) is 0.478. The smallest absolute Gasteiger partial charge is 0.407 e. The lowest BCUT2D eigenvalue weighted by molar-refractivity contribution is 0.0170. The van der Waals surface area contributed by atoms with Crippen molar-refractivity contribution in [3.05, 3.63) is 65.5 Å². The SMILES string of the molecule is CC(C)(C)OC(=O)NC(Cc1ccccc1)C(O)CNCc1cncc(C(C)(F)F)c1. The van der Waals surface area contributed by atoms with Gasteiger partial charge in [0.1, 0.15) is 5.60 Å². The van der Waals surface area contributed by atoms with Crippen molar-refractivity contribution in [3.8, 4) is 0 Å². The van der Waals surface area contributed by atoms with E-state index in [2.05, 4.69) is 15.6 Å². The van der Waals surface area contributed by atoms with E-state index in [1.807, 2.05) is 30.3 Å². The first-order chi connectivity index (χ1) is 14.4. The molecule has 2 atom stereocenters. The first kappa shape index (κ1) is 24.7. The number of rotatable bonds is 9. The van der Waals surface area contributed by atoms with E-state index in [0.29, 0.717) is 12.0 Å². The molecule has 0 spiro atoms. The third kappa shape index (κ3) is 8.98. The second-order valence-electron chi connectivity index (χ2n) is 8.61. The molecule has 1 aromatic carbocycles. The van der Waals surface area contributed by atoms with Gasteiger partial charge in [0, 0.05) is 38.0 Å². The van der Waals surface area contributed by atoms with Crippen LogP contribution in [0.25, 0.3) is 0 Å². The van der Waals surface area contributed by atoms with E-state index in [-0.39, 0.29) is 18.7 Å². The Kier molecular flexibility index (Phi) is 8.47. The maximum atomic E-state index is 13.5. The molecule has 0 aliphatic rings. The van der Waals surface area contributed by atoms with Gasteiger partial charge in [0.05, 0.1) is 12.1 Å². The number of halogens is 2. The predicted molar refractivity (Wildman–Crippen MR) is 115 cm³/mol. The van der Waals surface area contributed by atoms with Crippen LogP contribution in [0.5, 0.6) is 0 Å². The number of amides is 1. The number of hydrogen-bond acceptors (Lipinski definition) is 5. The van der Waals surface area contributed by atoms with Gasteiger partial charge in [0.15, 0.2) is 0 Å². The summed E-state index contributed by atoms with van der Waals surface area (Å²) >= 11 is 0. The van der Waals surface area contributed by atoms with Gasteiger partial charge in [0.25, 0.3) is 5.92 Å². The van der Waals surface area contributed by atoms with Gasteiger partial charge in [-0.1, -0.05) is 30.3 Å². The Labute approximate surface area is 182 Å². The number of aliphatic hydroxyl groups is 1. The summed E-state index contributed by atoms with van der Waals surface area (Å²) in [5.74, 6) is -2.97. The molecule has 0 aliphatic heterocycles. The molecule has 170 valence electrons. The highest BCUT2D eigenvalue weighted by Gasteiger charge is 2.26. The summed E-state index contributed by atoms with van der Waals surface area (Å²) in [5.41, 5.74) is 0.695. The summed E-state index contributed by atoms with van der Waals surface area (Å²) in [6.07, 6.45) is 1.49. The van der Waals surface area contributed by atoms with Crippen molar-refractivity contribution in [2.45, 2.75) is 64.3 Å². The van der Waals surface area contributed by atoms with Crippen molar-refractivity contribution in [2.24, 2.45) is 0 Å². The summed E-state index contributed by atoms with van der Waals surface area (Å²) in [6, 6.07) is 10.3. The monoisotopic (exact) mass is 435 g/mol. The zero-order chi connectivity index (χ0) is 23.1. The van der Waals surface area contributed by atoms with Crippen LogP contribution in [-0.2, 0) is 23.6 Å². The van der Waals surface area contributed by atoms with Crippen LogP contribution in [0.1, 0.15) is 44.4 Å². The summed E-state index contributed by atoms with van der Waals surface area (Å²) in [7, 11) is 0. The Hall–Kier alpha value is -2.58. The van der Waals surface area contributed by atoms with Gasteiger partial charge < -0.3 is 20.5 Å². The fourth-order valence-electron chi connectivity index (χ4n) is 2.94. The minimum atomic E-state index is -2.97. The van der Waals surface area contributed by atoms with Gasteiger partial charge in [0.2, 0.25) is 0 Å². The Morgan fingerprint density at radius 1 is 1.13 bits per heavy atom. The van der Waals surface area contributed by atoms with E-state index in [9.17, 15) is 18.7 Å². The van der Waals surface area contributed by atoms with Crippen LogP contribution in [0.15, 0.2) is 48.8 Å². The Morgan fingerprint density at radius 3 is 2.42 bits per heavy atom. The Bertz CT molecular complexity index is 836. The summed E-state index contributed by atoms with van der Waals surface area (Å²) in [5, 5.41) is 16.5. The molecule has 6 nitrogen and oxygen atoms in total. The van der Waals surface area contributed by atoms with Crippen LogP contribution < -0.4 is 10.6 Å². The van der Waals surface area contributed by atoms with Crippen molar-refractivity contribution in [1.29, 1.82) is 0 Å². The molecular formula is C23H31F2N3O3. The summed E-state index contributed by atoms with van der Waals surface area (Å²) < 4.78 is 32.3. The largest absolute Gasteiger partial charge is 0.444 e. The predicted octanol–water partition coefficient (Wildman–Crippen LogP) is 3.78. The second-order valence-corrected chi connectivity index (χ2v) is 8.61. The lowest BCUT2D eigenvalue weighted by Crippen LogP contribution is -2.49. The number of aromatic nitrogens is 1. The number of nitrogens with one attached hydrogen (secondary N) is 2. The molecule has 0 aliphatic carbocycles. The van der Waals surface area contributed by atoms with E-state index in [1.165, 1.54) is 12.3 Å².